The van der Waals surface area contributed by atoms with Gasteiger partial charge >= 0.3 is 18.3 Å². The summed E-state index contributed by atoms with van der Waals surface area (Å²) in [5, 5.41) is 9.96. The molecule has 2 rings (SSSR count). The highest BCUT2D eigenvalue weighted by Gasteiger charge is 2.53. The Morgan fingerprint density at radius 1 is 0.865 bits per heavy atom. The van der Waals surface area contributed by atoms with Crippen LogP contribution in [0.15, 0.2) is 43.5 Å². The average Bonchev–Trinajstić information content (AvgIpc) is 2.91. The van der Waals surface area contributed by atoms with Crippen LogP contribution in [0.5, 0.6) is 11.5 Å². The molecule has 5 atom stereocenters. The van der Waals surface area contributed by atoms with Crippen LogP contribution in [-0.2, 0) is 33.2 Å². The fraction of sp³-hybridized carbons (Fsp3) is 0.458. The zero-order chi connectivity index (χ0) is 27.4. The van der Waals surface area contributed by atoms with Crippen molar-refractivity contribution in [1.29, 1.82) is 0 Å². The fourth-order valence-electron chi connectivity index (χ4n) is 3.28. The molecule has 1 N–H and O–H groups in total. The second kappa shape index (κ2) is 14.7. The zero-order valence-electron chi connectivity index (χ0n) is 20.7. The highest BCUT2D eigenvalue weighted by Crippen LogP contribution is 2.31. The van der Waals surface area contributed by atoms with Gasteiger partial charge in [-0.2, -0.15) is 0 Å². The van der Waals surface area contributed by atoms with E-state index in [9.17, 15) is 19.5 Å². The highest BCUT2D eigenvalue weighted by atomic mass is 16.8. The summed E-state index contributed by atoms with van der Waals surface area (Å²) in [6.07, 6.45) is -6.92. The molecule has 13 heteroatoms. The minimum Gasteiger partial charge on any atom is -0.497 e. The molecular weight excluding hydrogens is 496 g/mol. The van der Waals surface area contributed by atoms with Crippen LogP contribution in [0.4, 0.5) is 9.59 Å². The third-order valence-corrected chi connectivity index (χ3v) is 4.94. The molecule has 1 aromatic rings. The molecule has 13 nitrogen and oxygen atoms in total. The van der Waals surface area contributed by atoms with E-state index in [1.807, 2.05) is 0 Å². The first-order valence-corrected chi connectivity index (χ1v) is 10.9. The number of ether oxygens (including phenoxy) is 9. The molecule has 0 spiro atoms. The van der Waals surface area contributed by atoms with E-state index in [2.05, 4.69) is 13.2 Å². The summed E-state index contributed by atoms with van der Waals surface area (Å²) in [6, 6.07) is 4.31. The first-order chi connectivity index (χ1) is 17.8. The lowest BCUT2D eigenvalue weighted by Gasteiger charge is -2.43. The fourth-order valence-corrected chi connectivity index (χ4v) is 3.28. The van der Waals surface area contributed by atoms with Crippen molar-refractivity contribution in [2.45, 2.75) is 30.7 Å². The topological polar surface area (TPSA) is 155 Å². The number of aliphatic hydroxyl groups is 1. The van der Waals surface area contributed by atoms with Crippen molar-refractivity contribution in [3.05, 3.63) is 49.1 Å². The van der Waals surface area contributed by atoms with Crippen molar-refractivity contribution in [3.8, 4) is 11.5 Å². The predicted octanol–water partition coefficient (Wildman–Crippen LogP) is 2.01. The van der Waals surface area contributed by atoms with Crippen molar-refractivity contribution in [3.63, 3.8) is 0 Å². The summed E-state index contributed by atoms with van der Waals surface area (Å²) >= 11 is 0. The van der Waals surface area contributed by atoms with Gasteiger partial charge in [0.1, 0.15) is 30.8 Å². The number of rotatable bonds is 12. The quantitative estimate of drug-likeness (QED) is 0.240. The van der Waals surface area contributed by atoms with Gasteiger partial charge in [-0.25, -0.2) is 14.4 Å². The van der Waals surface area contributed by atoms with Gasteiger partial charge in [-0.3, -0.25) is 0 Å². The Kier molecular flexibility index (Phi) is 11.7. The monoisotopic (exact) mass is 526 g/mol. The third kappa shape index (κ3) is 8.10. The molecule has 1 aliphatic heterocycles. The van der Waals surface area contributed by atoms with E-state index in [4.69, 9.17) is 42.6 Å². The van der Waals surface area contributed by atoms with Gasteiger partial charge in [-0.05, 0) is 12.1 Å². The van der Waals surface area contributed by atoms with Crippen molar-refractivity contribution in [2.24, 2.45) is 0 Å². The molecule has 0 saturated carbocycles. The van der Waals surface area contributed by atoms with Crippen LogP contribution in [0, 0.1) is 0 Å². The number of benzene rings is 1. The van der Waals surface area contributed by atoms with Crippen LogP contribution in [0.3, 0.4) is 0 Å². The van der Waals surface area contributed by atoms with Crippen LogP contribution in [0.2, 0.25) is 0 Å². The maximum Gasteiger partial charge on any atom is 0.509 e. The Bertz CT molecular complexity index is 924. The second-order valence-corrected chi connectivity index (χ2v) is 7.30. The number of carbonyl (C=O) groups is 3. The Labute approximate surface area is 213 Å². The van der Waals surface area contributed by atoms with Gasteiger partial charge in [0.15, 0.2) is 24.6 Å². The van der Waals surface area contributed by atoms with E-state index in [1.165, 1.54) is 45.6 Å². The molecule has 0 bridgehead atoms. The standard InChI is InChI=1S/C24H30O13/c1-6-8-32-23(27)36-19-18(35-21(26)14-10-15(29-3)12-16(11-14)30-4)17(13-25)34-22(31-5)20(19)37-24(28)33-9-7-2/h6-7,10-12,17-20,22,25H,1-2,8-9,13H2,3-5H3/t17-,18-,19+,20+,22+/m1/s1. The van der Waals surface area contributed by atoms with Gasteiger partial charge in [0.2, 0.25) is 0 Å². The summed E-state index contributed by atoms with van der Waals surface area (Å²) < 4.78 is 47.1. The Hall–Kier alpha value is -3.81. The Morgan fingerprint density at radius 3 is 1.86 bits per heavy atom. The van der Waals surface area contributed by atoms with Crippen molar-refractivity contribution in [1.82, 2.24) is 0 Å². The Balaban J connectivity index is 2.43. The van der Waals surface area contributed by atoms with Crippen LogP contribution in [-0.4, -0.2) is 95.2 Å². The second-order valence-electron chi connectivity index (χ2n) is 7.30. The smallest absolute Gasteiger partial charge is 0.497 e. The minimum atomic E-state index is -1.55. The number of methoxy groups -OCH3 is 3. The lowest BCUT2D eigenvalue weighted by molar-refractivity contribution is -0.295. The maximum absolute atomic E-state index is 13.1. The van der Waals surface area contributed by atoms with Crippen LogP contribution < -0.4 is 9.47 Å². The van der Waals surface area contributed by atoms with E-state index in [0.29, 0.717) is 11.5 Å². The molecular formula is C24H30O13. The molecule has 1 aliphatic rings. The molecule has 1 heterocycles. The summed E-state index contributed by atoms with van der Waals surface area (Å²) in [5.74, 6) is -0.311. The van der Waals surface area contributed by atoms with Gasteiger partial charge < -0.3 is 47.7 Å². The number of hydrogen-bond donors (Lipinski definition) is 1. The highest BCUT2D eigenvalue weighted by molar-refractivity contribution is 5.90. The first kappa shape index (κ1) is 29.4. The van der Waals surface area contributed by atoms with Crippen LogP contribution in [0.1, 0.15) is 10.4 Å². The van der Waals surface area contributed by atoms with Crippen LogP contribution in [0.25, 0.3) is 0 Å². The molecule has 1 saturated heterocycles. The normalized spacial score (nSPS) is 22.6. The number of hydrogen-bond acceptors (Lipinski definition) is 13. The molecule has 1 aromatic carbocycles. The molecule has 0 unspecified atom stereocenters. The van der Waals surface area contributed by atoms with Gasteiger partial charge in [-0.1, -0.05) is 25.3 Å². The van der Waals surface area contributed by atoms with E-state index >= 15 is 0 Å². The molecule has 0 aliphatic carbocycles. The molecule has 0 radical (unpaired) electrons. The first-order valence-electron chi connectivity index (χ1n) is 10.9. The lowest BCUT2D eigenvalue weighted by Crippen LogP contribution is -2.62. The average molecular weight is 526 g/mol. The summed E-state index contributed by atoms with van der Waals surface area (Å²) in [4.78, 5) is 37.6. The summed E-state index contributed by atoms with van der Waals surface area (Å²) in [5.41, 5.74) is 0.0117. The van der Waals surface area contributed by atoms with Crippen molar-refractivity contribution in [2.75, 3.05) is 41.2 Å². The lowest BCUT2D eigenvalue weighted by atomic mass is 9.98. The molecule has 0 amide bonds. The third-order valence-electron chi connectivity index (χ3n) is 4.94. The molecule has 204 valence electrons. The van der Waals surface area contributed by atoms with Gasteiger partial charge in [0.25, 0.3) is 0 Å². The van der Waals surface area contributed by atoms with Crippen LogP contribution >= 0.6 is 0 Å². The molecule has 0 aromatic heterocycles. The number of carbonyl (C=O) groups excluding carboxylic acids is 3. The van der Waals surface area contributed by atoms with Crippen molar-refractivity contribution < 1.29 is 62.1 Å². The number of aliphatic hydroxyl groups excluding tert-OH is 1. The zero-order valence-corrected chi connectivity index (χ0v) is 20.7. The molecule has 37 heavy (non-hydrogen) atoms. The van der Waals surface area contributed by atoms with Gasteiger partial charge in [-0.15, -0.1) is 0 Å². The van der Waals surface area contributed by atoms with E-state index in [-0.39, 0.29) is 18.8 Å². The van der Waals surface area contributed by atoms with E-state index < -0.39 is 55.6 Å². The minimum absolute atomic E-state index is 0.0117. The van der Waals surface area contributed by atoms with E-state index in [0.717, 1.165) is 0 Å². The molecule has 1 fully saturated rings. The van der Waals surface area contributed by atoms with Gasteiger partial charge in [0, 0.05) is 13.2 Å². The van der Waals surface area contributed by atoms with E-state index in [1.54, 1.807) is 6.07 Å². The number of esters is 1. The van der Waals surface area contributed by atoms with Crippen molar-refractivity contribution >= 4 is 18.3 Å². The predicted molar refractivity (Wildman–Crippen MR) is 124 cm³/mol. The Morgan fingerprint density at radius 2 is 1.41 bits per heavy atom. The summed E-state index contributed by atoms with van der Waals surface area (Å²) in [7, 11) is 4.03. The van der Waals surface area contributed by atoms with Gasteiger partial charge in [0.05, 0.1) is 26.4 Å². The maximum atomic E-state index is 13.1. The largest absolute Gasteiger partial charge is 0.509 e. The summed E-state index contributed by atoms with van der Waals surface area (Å²) in [6.45, 7) is 5.82. The SMILES string of the molecule is C=CCOC(=O)O[C@@H]1[C@H](OC(=O)OCC=C)[C@@H](OC)O[C@H](CO)[C@H]1OC(=O)c1cc(OC)cc(OC)c1.